The molecule has 1 aromatic rings. The maximum Gasteiger partial charge on any atom is 0.118 e. The second kappa shape index (κ2) is 3.38. The Labute approximate surface area is 78.2 Å². The quantitative estimate of drug-likeness (QED) is 0.764. The number of benzene rings is 1. The summed E-state index contributed by atoms with van der Waals surface area (Å²) in [5, 5.41) is 8.91. The van der Waals surface area contributed by atoms with E-state index < -0.39 is 0 Å². The molecule has 1 aliphatic rings. The van der Waals surface area contributed by atoms with Gasteiger partial charge in [0.25, 0.3) is 0 Å². The van der Waals surface area contributed by atoms with Crippen LogP contribution in [0.1, 0.15) is 17.9 Å². The average Bonchev–Trinajstić information content (AvgIpc) is 2.97. The van der Waals surface area contributed by atoms with Crippen LogP contribution in [0.3, 0.4) is 0 Å². The summed E-state index contributed by atoms with van der Waals surface area (Å²) in [4.78, 5) is 0. The highest BCUT2D eigenvalue weighted by molar-refractivity contribution is 5.32. The number of hydrogen-bond acceptors (Lipinski definition) is 2. The molecule has 1 unspecified atom stereocenters. The van der Waals surface area contributed by atoms with E-state index in [9.17, 15) is 0 Å². The normalized spacial score (nSPS) is 25.7. The molecule has 1 saturated carbocycles. The first-order valence-electron chi connectivity index (χ1n) is 4.60. The van der Waals surface area contributed by atoms with Gasteiger partial charge in [-0.05, 0) is 36.0 Å². The van der Waals surface area contributed by atoms with E-state index in [1.807, 2.05) is 12.1 Å². The lowest BCUT2D eigenvalue weighted by Crippen LogP contribution is -1.89. The van der Waals surface area contributed by atoms with Crippen LogP contribution in [-0.4, -0.2) is 18.8 Å². The molecule has 2 atom stereocenters. The number of ether oxygens (including phenoxy) is 1. The van der Waals surface area contributed by atoms with Crippen molar-refractivity contribution >= 4 is 0 Å². The lowest BCUT2D eigenvalue weighted by molar-refractivity contribution is 0.274. The van der Waals surface area contributed by atoms with Gasteiger partial charge in [-0.15, -0.1) is 0 Å². The van der Waals surface area contributed by atoms with Crippen molar-refractivity contribution in [3.05, 3.63) is 29.8 Å². The van der Waals surface area contributed by atoms with Crippen molar-refractivity contribution in [3.63, 3.8) is 0 Å². The molecule has 0 heterocycles. The van der Waals surface area contributed by atoms with Crippen LogP contribution >= 0.6 is 0 Å². The summed E-state index contributed by atoms with van der Waals surface area (Å²) < 4.78 is 5.07. The zero-order chi connectivity index (χ0) is 9.26. The molecule has 0 saturated heterocycles. The molecule has 0 aromatic heterocycles. The molecule has 2 rings (SSSR count). The topological polar surface area (TPSA) is 29.5 Å². The van der Waals surface area contributed by atoms with E-state index in [-0.39, 0.29) is 0 Å². The van der Waals surface area contributed by atoms with Crippen LogP contribution in [0.2, 0.25) is 0 Å². The fourth-order valence-corrected chi connectivity index (χ4v) is 1.71. The monoisotopic (exact) mass is 178 g/mol. The third-order valence-electron chi connectivity index (χ3n) is 2.70. The Kier molecular flexibility index (Phi) is 2.23. The molecular formula is C11H14O2. The fourth-order valence-electron chi connectivity index (χ4n) is 1.71. The number of aliphatic hydroxyl groups excluding tert-OH is 1. The maximum absolute atomic E-state index is 8.91. The van der Waals surface area contributed by atoms with Crippen LogP contribution in [0.4, 0.5) is 0 Å². The summed E-state index contributed by atoms with van der Waals surface area (Å²) in [5.74, 6) is 1.97. The SMILES string of the molecule is COc1ccc(C2C[C@H]2CO)cc1. The number of aliphatic hydroxyl groups is 1. The van der Waals surface area contributed by atoms with Gasteiger partial charge >= 0.3 is 0 Å². The highest BCUT2D eigenvalue weighted by Crippen LogP contribution is 2.47. The van der Waals surface area contributed by atoms with Crippen LogP contribution in [0.15, 0.2) is 24.3 Å². The number of rotatable bonds is 3. The minimum Gasteiger partial charge on any atom is -0.497 e. The fraction of sp³-hybridized carbons (Fsp3) is 0.455. The molecule has 70 valence electrons. The molecule has 0 spiro atoms. The van der Waals surface area contributed by atoms with E-state index >= 15 is 0 Å². The maximum atomic E-state index is 8.91. The predicted molar refractivity (Wildman–Crippen MR) is 50.9 cm³/mol. The van der Waals surface area contributed by atoms with Gasteiger partial charge in [0, 0.05) is 6.61 Å². The Morgan fingerprint density at radius 2 is 2.08 bits per heavy atom. The Hall–Kier alpha value is -1.02. The molecule has 1 aliphatic carbocycles. The van der Waals surface area contributed by atoms with E-state index in [0.717, 1.165) is 12.2 Å². The molecule has 2 heteroatoms. The molecule has 1 fully saturated rings. The van der Waals surface area contributed by atoms with Crippen molar-refractivity contribution in [2.24, 2.45) is 5.92 Å². The molecule has 0 bridgehead atoms. The van der Waals surface area contributed by atoms with Crippen molar-refractivity contribution in [1.82, 2.24) is 0 Å². The highest BCUT2D eigenvalue weighted by Gasteiger charge is 2.37. The van der Waals surface area contributed by atoms with Gasteiger partial charge in [0.2, 0.25) is 0 Å². The molecule has 0 radical (unpaired) electrons. The Bertz CT molecular complexity index is 279. The van der Waals surface area contributed by atoms with Crippen molar-refractivity contribution in [2.45, 2.75) is 12.3 Å². The Morgan fingerprint density at radius 1 is 1.38 bits per heavy atom. The van der Waals surface area contributed by atoms with Crippen LogP contribution in [0, 0.1) is 5.92 Å². The van der Waals surface area contributed by atoms with Gasteiger partial charge in [-0.3, -0.25) is 0 Å². The second-order valence-corrected chi connectivity index (χ2v) is 3.56. The summed E-state index contributed by atoms with van der Waals surface area (Å²) in [6.45, 7) is 0.316. The minimum atomic E-state index is 0.316. The largest absolute Gasteiger partial charge is 0.497 e. The van der Waals surface area contributed by atoms with Crippen molar-refractivity contribution in [2.75, 3.05) is 13.7 Å². The lowest BCUT2D eigenvalue weighted by atomic mass is 10.1. The minimum absolute atomic E-state index is 0.316. The third kappa shape index (κ3) is 1.68. The summed E-state index contributed by atoms with van der Waals surface area (Å²) in [7, 11) is 1.67. The van der Waals surface area contributed by atoms with E-state index in [4.69, 9.17) is 9.84 Å². The molecule has 0 aliphatic heterocycles. The van der Waals surface area contributed by atoms with Gasteiger partial charge in [-0.25, -0.2) is 0 Å². The highest BCUT2D eigenvalue weighted by atomic mass is 16.5. The molecular weight excluding hydrogens is 164 g/mol. The van der Waals surface area contributed by atoms with E-state index in [2.05, 4.69) is 12.1 Å². The van der Waals surface area contributed by atoms with E-state index in [1.165, 1.54) is 5.56 Å². The zero-order valence-corrected chi connectivity index (χ0v) is 7.73. The summed E-state index contributed by atoms with van der Waals surface area (Å²) in [6, 6.07) is 8.11. The van der Waals surface area contributed by atoms with Crippen LogP contribution in [0.25, 0.3) is 0 Å². The number of methoxy groups -OCH3 is 1. The second-order valence-electron chi connectivity index (χ2n) is 3.56. The lowest BCUT2D eigenvalue weighted by Gasteiger charge is -2.01. The van der Waals surface area contributed by atoms with Crippen LogP contribution < -0.4 is 4.74 Å². The summed E-state index contributed by atoms with van der Waals surface area (Å²) in [6.07, 6.45) is 1.13. The summed E-state index contributed by atoms with van der Waals surface area (Å²) in [5.41, 5.74) is 1.32. The van der Waals surface area contributed by atoms with Crippen LogP contribution in [-0.2, 0) is 0 Å². The summed E-state index contributed by atoms with van der Waals surface area (Å²) >= 11 is 0. The number of hydrogen-bond donors (Lipinski definition) is 1. The molecule has 2 nitrogen and oxygen atoms in total. The van der Waals surface area contributed by atoms with Crippen LogP contribution in [0.5, 0.6) is 5.75 Å². The molecule has 0 amide bonds. The third-order valence-corrected chi connectivity index (χ3v) is 2.70. The van der Waals surface area contributed by atoms with Gasteiger partial charge < -0.3 is 9.84 Å². The smallest absolute Gasteiger partial charge is 0.118 e. The first-order chi connectivity index (χ1) is 6.35. The van der Waals surface area contributed by atoms with Gasteiger partial charge in [0.1, 0.15) is 5.75 Å². The molecule has 1 N–H and O–H groups in total. The standard InChI is InChI=1S/C11H14O2/c1-13-10-4-2-8(3-5-10)11-6-9(11)7-12/h2-5,9,11-12H,6-7H2,1H3/t9-,11?/m0/s1. The average molecular weight is 178 g/mol. The van der Waals surface area contributed by atoms with Crippen molar-refractivity contribution in [1.29, 1.82) is 0 Å². The van der Waals surface area contributed by atoms with Gasteiger partial charge in [-0.1, -0.05) is 12.1 Å². The van der Waals surface area contributed by atoms with E-state index in [1.54, 1.807) is 7.11 Å². The molecule has 13 heavy (non-hydrogen) atoms. The van der Waals surface area contributed by atoms with Gasteiger partial charge in [0.15, 0.2) is 0 Å². The van der Waals surface area contributed by atoms with Gasteiger partial charge in [0.05, 0.1) is 7.11 Å². The molecule has 1 aromatic carbocycles. The van der Waals surface area contributed by atoms with Crippen molar-refractivity contribution < 1.29 is 9.84 Å². The Balaban J connectivity index is 2.07. The predicted octanol–water partition coefficient (Wildman–Crippen LogP) is 1.79. The van der Waals surface area contributed by atoms with Crippen molar-refractivity contribution in [3.8, 4) is 5.75 Å². The zero-order valence-electron chi connectivity index (χ0n) is 7.73. The first kappa shape index (κ1) is 8.57. The van der Waals surface area contributed by atoms with Gasteiger partial charge in [-0.2, -0.15) is 0 Å². The van der Waals surface area contributed by atoms with E-state index in [0.29, 0.717) is 18.4 Å². The Morgan fingerprint density at radius 3 is 2.54 bits per heavy atom. The first-order valence-corrected chi connectivity index (χ1v) is 4.60.